The summed E-state index contributed by atoms with van der Waals surface area (Å²) in [5.74, 6) is 0.411. The predicted octanol–water partition coefficient (Wildman–Crippen LogP) is 2.48. The van der Waals surface area contributed by atoms with E-state index in [0.29, 0.717) is 25.0 Å². The Kier molecular flexibility index (Phi) is 5.81. The fourth-order valence-electron chi connectivity index (χ4n) is 2.88. The van der Waals surface area contributed by atoms with Gasteiger partial charge in [0.1, 0.15) is 0 Å². The molecule has 0 bridgehead atoms. The summed E-state index contributed by atoms with van der Waals surface area (Å²) in [6.45, 7) is 4.49. The second-order valence-corrected chi connectivity index (χ2v) is 6.07. The van der Waals surface area contributed by atoms with Gasteiger partial charge in [0.25, 0.3) is 0 Å². The fourth-order valence-corrected chi connectivity index (χ4v) is 2.88. The Morgan fingerprint density at radius 3 is 2.50 bits per heavy atom. The highest BCUT2D eigenvalue weighted by Crippen LogP contribution is 2.17. The highest BCUT2D eigenvalue weighted by molar-refractivity contribution is 5.92. The van der Waals surface area contributed by atoms with E-state index in [1.165, 1.54) is 24.0 Å². The molecule has 4 N–H and O–H groups in total. The lowest BCUT2D eigenvalue weighted by molar-refractivity contribution is -0.121. The van der Waals surface area contributed by atoms with Crippen LogP contribution in [0.25, 0.3) is 0 Å². The number of carbonyl (C=O) groups excluding carboxylic acids is 1. The third-order valence-corrected chi connectivity index (χ3v) is 3.84. The maximum absolute atomic E-state index is 11.8. The molecule has 22 heavy (non-hydrogen) atoms. The zero-order valence-electron chi connectivity index (χ0n) is 13.5. The van der Waals surface area contributed by atoms with E-state index in [-0.39, 0.29) is 5.91 Å². The molecule has 1 aromatic carbocycles. The predicted molar refractivity (Wildman–Crippen MR) is 91.0 cm³/mol. The van der Waals surface area contributed by atoms with Gasteiger partial charge in [-0.1, -0.05) is 18.9 Å². The van der Waals surface area contributed by atoms with E-state index in [0.717, 1.165) is 18.5 Å². The summed E-state index contributed by atoms with van der Waals surface area (Å²) in [5, 5.41) is 6.11. The summed E-state index contributed by atoms with van der Waals surface area (Å²) in [4.78, 5) is 16.0. The topological polar surface area (TPSA) is 79.5 Å². The molecule has 0 heterocycles. The Hall–Kier alpha value is -2.04. The molecule has 1 amide bonds. The molecule has 0 unspecified atom stereocenters. The van der Waals surface area contributed by atoms with Crippen LogP contribution in [-0.2, 0) is 4.79 Å². The van der Waals surface area contributed by atoms with Crippen LogP contribution in [0.3, 0.4) is 0 Å². The fraction of sp³-hybridized carbons (Fsp3) is 0.529. The summed E-state index contributed by atoms with van der Waals surface area (Å²) >= 11 is 0. The van der Waals surface area contributed by atoms with Crippen LogP contribution in [0.2, 0.25) is 0 Å². The van der Waals surface area contributed by atoms with E-state index >= 15 is 0 Å². The minimum absolute atomic E-state index is 0.0647. The van der Waals surface area contributed by atoms with Crippen molar-refractivity contribution in [1.29, 1.82) is 0 Å². The van der Waals surface area contributed by atoms with Crippen LogP contribution in [0.15, 0.2) is 23.2 Å². The first-order valence-corrected chi connectivity index (χ1v) is 7.97. The molecule has 2 rings (SSSR count). The molecule has 0 radical (unpaired) electrons. The van der Waals surface area contributed by atoms with Gasteiger partial charge < -0.3 is 16.4 Å². The smallest absolute Gasteiger partial charge is 0.222 e. The van der Waals surface area contributed by atoms with E-state index < -0.39 is 0 Å². The van der Waals surface area contributed by atoms with Crippen molar-refractivity contribution in [3.05, 3.63) is 29.3 Å². The lowest BCUT2D eigenvalue weighted by Crippen LogP contribution is -2.33. The number of hydrogen-bond acceptors (Lipinski definition) is 2. The van der Waals surface area contributed by atoms with Crippen molar-refractivity contribution in [2.75, 3.05) is 11.9 Å². The van der Waals surface area contributed by atoms with Gasteiger partial charge in [-0.15, -0.1) is 0 Å². The third kappa shape index (κ3) is 5.39. The number of nitrogens with zero attached hydrogens (tertiary/aromatic N) is 1. The van der Waals surface area contributed by atoms with Gasteiger partial charge in [-0.25, -0.2) is 0 Å². The number of nitrogens with one attached hydrogen (secondary N) is 2. The number of carbonyl (C=O) groups is 1. The maximum atomic E-state index is 11.8. The van der Waals surface area contributed by atoms with Crippen LogP contribution in [0.4, 0.5) is 5.69 Å². The first-order valence-electron chi connectivity index (χ1n) is 7.97. The van der Waals surface area contributed by atoms with Crippen molar-refractivity contribution in [2.45, 2.75) is 52.0 Å². The monoisotopic (exact) mass is 302 g/mol. The highest BCUT2D eigenvalue weighted by Gasteiger charge is 2.16. The summed E-state index contributed by atoms with van der Waals surface area (Å²) in [5.41, 5.74) is 9.13. The molecule has 0 spiro atoms. The number of anilines is 1. The zero-order valence-corrected chi connectivity index (χ0v) is 13.5. The van der Waals surface area contributed by atoms with Gasteiger partial charge in [-0.05, 0) is 49.9 Å². The minimum atomic E-state index is 0.0647. The van der Waals surface area contributed by atoms with Crippen molar-refractivity contribution in [2.24, 2.45) is 10.7 Å². The van der Waals surface area contributed by atoms with Crippen molar-refractivity contribution in [3.63, 3.8) is 0 Å². The lowest BCUT2D eigenvalue weighted by atomic mass is 10.1. The number of guanidine groups is 1. The molecule has 0 saturated heterocycles. The second kappa shape index (κ2) is 7.82. The molecule has 1 fully saturated rings. The van der Waals surface area contributed by atoms with Crippen LogP contribution >= 0.6 is 0 Å². The molecule has 0 atom stereocenters. The Morgan fingerprint density at radius 1 is 1.23 bits per heavy atom. The summed E-state index contributed by atoms with van der Waals surface area (Å²) in [7, 11) is 0. The quantitative estimate of drug-likeness (QED) is 0.577. The van der Waals surface area contributed by atoms with Gasteiger partial charge in [-0.2, -0.15) is 0 Å². The van der Waals surface area contributed by atoms with Crippen molar-refractivity contribution >= 4 is 17.6 Å². The van der Waals surface area contributed by atoms with Crippen LogP contribution in [0.1, 0.15) is 43.2 Å². The van der Waals surface area contributed by atoms with Gasteiger partial charge in [0.15, 0.2) is 5.96 Å². The molecule has 1 saturated carbocycles. The summed E-state index contributed by atoms with van der Waals surface area (Å²) in [6, 6.07) is 6.50. The van der Waals surface area contributed by atoms with E-state index in [2.05, 4.69) is 21.7 Å². The number of amides is 1. The molecule has 1 aliphatic carbocycles. The number of rotatable bonds is 5. The molecule has 120 valence electrons. The number of nitrogens with two attached hydrogens (primary N) is 1. The van der Waals surface area contributed by atoms with Crippen LogP contribution in [-0.4, -0.2) is 24.5 Å². The SMILES string of the molecule is Cc1cc(C)cc(NC(N)=NCCC(=O)NC2CCCC2)c1. The van der Waals surface area contributed by atoms with Crippen molar-refractivity contribution in [1.82, 2.24) is 5.32 Å². The largest absolute Gasteiger partial charge is 0.370 e. The minimum Gasteiger partial charge on any atom is -0.370 e. The maximum Gasteiger partial charge on any atom is 0.222 e. The zero-order chi connectivity index (χ0) is 15.9. The number of aliphatic imine (C=N–C) groups is 1. The molecule has 1 aromatic rings. The van der Waals surface area contributed by atoms with Gasteiger partial charge >= 0.3 is 0 Å². The number of benzene rings is 1. The van der Waals surface area contributed by atoms with Gasteiger partial charge in [0.2, 0.25) is 5.91 Å². The average molecular weight is 302 g/mol. The van der Waals surface area contributed by atoms with E-state index in [9.17, 15) is 4.79 Å². The second-order valence-electron chi connectivity index (χ2n) is 6.07. The number of hydrogen-bond donors (Lipinski definition) is 3. The van der Waals surface area contributed by atoms with E-state index in [1.54, 1.807) is 0 Å². The molecular formula is C17H26N4O. The third-order valence-electron chi connectivity index (χ3n) is 3.84. The van der Waals surface area contributed by atoms with Crippen molar-refractivity contribution < 1.29 is 4.79 Å². The Bertz CT molecular complexity index is 527. The Morgan fingerprint density at radius 2 is 1.86 bits per heavy atom. The first kappa shape index (κ1) is 16.3. The average Bonchev–Trinajstić information content (AvgIpc) is 2.90. The Labute approximate surface area is 132 Å². The van der Waals surface area contributed by atoms with Gasteiger partial charge in [0, 0.05) is 18.2 Å². The molecule has 5 nitrogen and oxygen atoms in total. The van der Waals surface area contributed by atoms with Gasteiger partial charge in [0.05, 0.1) is 6.54 Å². The molecular weight excluding hydrogens is 276 g/mol. The van der Waals surface area contributed by atoms with Crippen LogP contribution in [0.5, 0.6) is 0 Å². The Balaban J connectivity index is 1.75. The summed E-state index contributed by atoms with van der Waals surface area (Å²) < 4.78 is 0. The molecule has 1 aliphatic rings. The summed E-state index contributed by atoms with van der Waals surface area (Å²) in [6.07, 6.45) is 5.02. The van der Waals surface area contributed by atoms with Gasteiger partial charge in [-0.3, -0.25) is 9.79 Å². The lowest BCUT2D eigenvalue weighted by Gasteiger charge is -2.11. The first-order chi connectivity index (χ1) is 10.5. The van der Waals surface area contributed by atoms with Crippen LogP contribution < -0.4 is 16.4 Å². The van der Waals surface area contributed by atoms with Crippen LogP contribution in [0, 0.1) is 13.8 Å². The highest BCUT2D eigenvalue weighted by atomic mass is 16.1. The normalized spacial score (nSPS) is 15.8. The van der Waals surface area contributed by atoms with Crippen molar-refractivity contribution in [3.8, 4) is 0 Å². The number of aryl methyl sites for hydroxylation is 2. The molecule has 0 aliphatic heterocycles. The molecule has 5 heteroatoms. The van der Waals surface area contributed by atoms with E-state index in [4.69, 9.17) is 5.73 Å². The standard InChI is InChI=1S/C17H26N4O/c1-12-9-13(2)11-15(10-12)21-17(18)19-8-7-16(22)20-14-5-3-4-6-14/h9-11,14H,3-8H2,1-2H3,(H,20,22)(H3,18,19,21). The van der Waals surface area contributed by atoms with E-state index in [1.807, 2.05) is 26.0 Å². The molecule has 0 aromatic heterocycles.